The van der Waals surface area contributed by atoms with Gasteiger partial charge in [0.1, 0.15) is 0 Å². The number of hydrogen-bond acceptors (Lipinski definition) is 2. The van der Waals surface area contributed by atoms with Crippen LogP contribution >= 0.6 is 33.9 Å². The van der Waals surface area contributed by atoms with Gasteiger partial charge in [0.2, 0.25) is 0 Å². The highest BCUT2D eigenvalue weighted by atomic mass is 127. The molecule has 0 spiro atoms. The number of thiophene rings is 1. The number of hydrogen-bond donors (Lipinski definition) is 0. The number of benzene rings is 1. The minimum Gasteiger partial charge on any atom is -0.294 e. The second-order valence-corrected chi connectivity index (χ2v) is 6.74. The van der Waals surface area contributed by atoms with E-state index in [-0.39, 0.29) is 12.2 Å². The van der Waals surface area contributed by atoms with Gasteiger partial charge in [-0.3, -0.25) is 4.79 Å². The second-order valence-electron chi connectivity index (χ2n) is 3.93. The molecule has 19 heavy (non-hydrogen) atoms. The third kappa shape index (κ3) is 3.79. The van der Waals surface area contributed by atoms with Gasteiger partial charge in [0.25, 0.3) is 0 Å². The van der Waals surface area contributed by atoms with E-state index >= 15 is 0 Å². The van der Waals surface area contributed by atoms with Crippen LogP contribution in [0.4, 0.5) is 13.2 Å². The number of Topliss-reactive ketones (excluding diaryl/α,β-unsaturated/α-hetero) is 1. The molecule has 100 valence electrons. The second kappa shape index (κ2) is 5.62. The Morgan fingerprint density at radius 2 is 1.84 bits per heavy atom. The van der Waals surface area contributed by atoms with Crippen LogP contribution < -0.4 is 0 Å². The van der Waals surface area contributed by atoms with E-state index in [4.69, 9.17) is 0 Å². The Hall–Kier alpha value is -0.890. The fourth-order valence-corrected chi connectivity index (χ4v) is 2.91. The third-order valence-electron chi connectivity index (χ3n) is 2.54. The summed E-state index contributed by atoms with van der Waals surface area (Å²) in [6.45, 7) is 0. The number of halogens is 4. The summed E-state index contributed by atoms with van der Waals surface area (Å²) in [6, 6.07) is 6.47. The highest BCUT2D eigenvalue weighted by Crippen LogP contribution is 2.29. The van der Waals surface area contributed by atoms with E-state index in [2.05, 4.69) is 22.6 Å². The van der Waals surface area contributed by atoms with Gasteiger partial charge in [0, 0.05) is 17.4 Å². The third-order valence-corrected chi connectivity index (χ3v) is 4.32. The molecule has 6 heteroatoms. The average Bonchev–Trinajstić information content (AvgIpc) is 2.75. The Labute approximate surface area is 125 Å². The molecular formula is C13H8F3IOS. The summed E-state index contributed by atoms with van der Waals surface area (Å²) in [5.74, 6) is -0.0843. The summed E-state index contributed by atoms with van der Waals surface area (Å²) in [4.78, 5) is 11.9. The molecular weight excluding hydrogens is 388 g/mol. The molecule has 1 heterocycles. The van der Waals surface area contributed by atoms with E-state index in [1.807, 2.05) is 0 Å². The van der Waals surface area contributed by atoms with Crippen LogP contribution in [0.5, 0.6) is 0 Å². The van der Waals surface area contributed by atoms with Gasteiger partial charge in [-0.05, 0) is 46.4 Å². The molecule has 1 nitrogen and oxygen atoms in total. The quantitative estimate of drug-likeness (QED) is 0.539. The zero-order chi connectivity index (χ0) is 14.0. The lowest BCUT2D eigenvalue weighted by atomic mass is 10.0. The van der Waals surface area contributed by atoms with Crippen molar-refractivity contribution in [2.75, 3.05) is 0 Å². The normalized spacial score (nSPS) is 11.6. The Balaban J connectivity index is 2.10. The van der Waals surface area contributed by atoms with Gasteiger partial charge in [-0.15, -0.1) is 11.3 Å². The Bertz CT molecular complexity index is 587. The SMILES string of the molecule is O=C(Cc1ccc(C(F)(F)F)cc1)c1csc(I)c1. The van der Waals surface area contributed by atoms with Crippen molar-refractivity contribution in [3.05, 3.63) is 55.3 Å². The first-order valence-corrected chi connectivity index (χ1v) is 7.25. The van der Waals surface area contributed by atoms with Crippen molar-refractivity contribution in [3.63, 3.8) is 0 Å². The van der Waals surface area contributed by atoms with Gasteiger partial charge >= 0.3 is 6.18 Å². The molecule has 0 radical (unpaired) electrons. The van der Waals surface area contributed by atoms with Crippen LogP contribution in [-0.2, 0) is 12.6 Å². The number of rotatable bonds is 3. The van der Waals surface area contributed by atoms with E-state index < -0.39 is 11.7 Å². The van der Waals surface area contributed by atoms with Crippen molar-refractivity contribution < 1.29 is 18.0 Å². The van der Waals surface area contributed by atoms with Crippen LogP contribution in [0.2, 0.25) is 0 Å². The van der Waals surface area contributed by atoms with Crippen LogP contribution in [0.3, 0.4) is 0 Å². The zero-order valence-electron chi connectivity index (χ0n) is 9.50. The van der Waals surface area contributed by atoms with E-state index in [1.165, 1.54) is 23.5 Å². The molecule has 1 aromatic carbocycles. The Kier molecular flexibility index (Phi) is 4.29. The number of ketones is 1. The molecule has 0 amide bonds. The van der Waals surface area contributed by atoms with Crippen molar-refractivity contribution >= 4 is 39.7 Å². The maximum absolute atomic E-state index is 12.4. The van der Waals surface area contributed by atoms with Crippen molar-refractivity contribution in [3.8, 4) is 0 Å². The summed E-state index contributed by atoms with van der Waals surface area (Å²) < 4.78 is 38.2. The molecule has 0 aliphatic rings. The van der Waals surface area contributed by atoms with Crippen molar-refractivity contribution in [1.29, 1.82) is 0 Å². The molecule has 2 aromatic rings. The van der Waals surface area contributed by atoms with Crippen LogP contribution in [0.1, 0.15) is 21.5 Å². The lowest BCUT2D eigenvalue weighted by Crippen LogP contribution is -2.06. The monoisotopic (exact) mass is 396 g/mol. The predicted molar refractivity (Wildman–Crippen MR) is 76.5 cm³/mol. The van der Waals surface area contributed by atoms with Gasteiger partial charge in [0.05, 0.1) is 8.45 Å². The topological polar surface area (TPSA) is 17.1 Å². The number of alkyl halides is 3. The Morgan fingerprint density at radius 1 is 1.21 bits per heavy atom. The molecule has 0 N–H and O–H groups in total. The van der Waals surface area contributed by atoms with E-state index in [1.54, 1.807) is 11.4 Å². The highest BCUT2D eigenvalue weighted by molar-refractivity contribution is 14.1. The maximum Gasteiger partial charge on any atom is 0.416 e. The maximum atomic E-state index is 12.4. The lowest BCUT2D eigenvalue weighted by Gasteiger charge is -2.07. The molecule has 0 bridgehead atoms. The first-order valence-electron chi connectivity index (χ1n) is 5.29. The van der Waals surface area contributed by atoms with Gasteiger partial charge in [-0.1, -0.05) is 12.1 Å². The molecule has 0 aliphatic heterocycles. The van der Waals surface area contributed by atoms with Crippen LogP contribution in [0, 0.1) is 2.88 Å². The van der Waals surface area contributed by atoms with Gasteiger partial charge in [-0.25, -0.2) is 0 Å². The minimum atomic E-state index is -4.34. The molecule has 0 atom stereocenters. The van der Waals surface area contributed by atoms with Crippen LogP contribution in [0.15, 0.2) is 35.7 Å². The summed E-state index contributed by atoms with van der Waals surface area (Å²) in [7, 11) is 0. The number of carbonyl (C=O) groups excluding carboxylic acids is 1. The predicted octanol–water partition coefficient (Wildman–Crippen LogP) is 4.80. The molecule has 0 aliphatic carbocycles. The molecule has 2 rings (SSSR count). The minimum absolute atomic E-state index is 0.0843. The van der Waals surface area contributed by atoms with Crippen LogP contribution in [0.25, 0.3) is 0 Å². The zero-order valence-corrected chi connectivity index (χ0v) is 12.5. The Morgan fingerprint density at radius 3 is 2.32 bits per heavy atom. The van der Waals surface area contributed by atoms with E-state index in [0.717, 1.165) is 15.0 Å². The van der Waals surface area contributed by atoms with Crippen molar-refractivity contribution in [2.45, 2.75) is 12.6 Å². The summed E-state index contributed by atoms with van der Waals surface area (Å²) in [6.07, 6.45) is -4.23. The van der Waals surface area contributed by atoms with Crippen molar-refractivity contribution in [2.24, 2.45) is 0 Å². The largest absolute Gasteiger partial charge is 0.416 e. The van der Waals surface area contributed by atoms with Crippen molar-refractivity contribution in [1.82, 2.24) is 0 Å². The average molecular weight is 396 g/mol. The fourth-order valence-electron chi connectivity index (χ4n) is 1.56. The highest BCUT2D eigenvalue weighted by Gasteiger charge is 2.29. The first kappa shape index (κ1) is 14.5. The first-order chi connectivity index (χ1) is 8.86. The molecule has 0 saturated carbocycles. The summed E-state index contributed by atoms with van der Waals surface area (Å²) in [5.41, 5.74) is 0.488. The van der Waals surface area contributed by atoms with E-state index in [9.17, 15) is 18.0 Å². The van der Waals surface area contributed by atoms with Gasteiger partial charge in [-0.2, -0.15) is 13.2 Å². The standard InChI is InChI=1S/C13H8F3IOS/c14-13(15,16)10-3-1-8(2-4-10)5-11(18)9-6-12(17)19-7-9/h1-4,6-7H,5H2. The van der Waals surface area contributed by atoms with E-state index in [0.29, 0.717) is 11.1 Å². The smallest absolute Gasteiger partial charge is 0.294 e. The van der Waals surface area contributed by atoms with Gasteiger partial charge < -0.3 is 0 Å². The fraction of sp³-hybridized carbons (Fsp3) is 0.154. The van der Waals surface area contributed by atoms with Crippen LogP contribution in [-0.4, -0.2) is 5.78 Å². The summed E-state index contributed by atoms with van der Waals surface area (Å²) in [5, 5.41) is 1.76. The molecule has 0 fully saturated rings. The molecule has 1 aromatic heterocycles. The summed E-state index contributed by atoms with van der Waals surface area (Å²) >= 11 is 3.59. The lowest BCUT2D eigenvalue weighted by molar-refractivity contribution is -0.137. The molecule has 0 saturated heterocycles. The number of carbonyl (C=O) groups is 1. The molecule has 0 unspecified atom stereocenters. The van der Waals surface area contributed by atoms with Gasteiger partial charge in [0.15, 0.2) is 5.78 Å².